The predicted molar refractivity (Wildman–Crippen MR) is 87.1 cm³/mol. The Morgan fingerprint density at radius 1 is 1.24 bits per heavy atom. The average Bonchev–Trinajstić information content (AvgIpc) is 3.18. The lowest BCUT2D eigenvalue weighted by atomic mass is 10.3. The van der Waals surface area contributed by atoms with Crippen molar-refractivity contribution in [2.75, 3.05) is 13.7 Å². The number of amides is 1. The van der Waals surface area contributed by atoms with Gasteiger partial charge in [-0.15, -0.1) is 10.2 Å². The van der Waals surface area contributed by atoms with Gasteiger partial charge in [0.05, 0.1) is 19.9 Å². The number of furan rings is 1. The summed E-state index contributed by atoms with van der Waals surface area (Å²) in [5, 5.41) is 14.4. The molecule has 128 valence electrons. The summed E-state index contributed by atoms with van der Waals surface area (Å²) in [5.74, 6) is 0.485. The molecule has 1 amide bonds. The summed E-state index contributed by atoms with van der Waals surface area (Å²) in [4.78, 5) is 23.9. The van der Waals surface area contributed by atoms with Gasteiger partial charge in [-0.25, -0.2) is 4.68 Å². The van der Waals surface area contributed by atoms with E-state index in [1.54, 1.807) is 24.3 Å². The molecule has 0 atom stereocenters. The fourth-order valence-electron chi connectivity index (χ4n) is 2.08. The van der Waals surface area contributed by atoms with E-state index in [1.165, 1.54) is 30.2 Å². The molecular weight excluding hydrogens is 326 g/mol. The van der Waals surface area contributed by atoms with Crippen LogP contribution in [0.1, 0.15) is 10.5 Å². The van der Waals surface area contributed by atoms with Gasteiger partial charge in [0, 0.05) is 18.7 Å². The third kappa shape index (κ3) is 3.89. The smallest absolute Gasteiger partial charge is 0.271 e. The Morgan fingerprint density at radius 3 is 2.80 bits per heavy atom. The van der Waals surface area contributed by atoms with Crippen molar-refractivity contribution in [2.24, 2.45) is 0 Å². The number of hydrogen-bond donors (Lipinski definition) is 1. The summed E-state index contributed by atoms with van der Waals surface area (Å²) < 4.78 is 11.4. The van der Waals surface area contributed by atoms with E-state index in [-0.39, 0.29) is 24.3 Å². The number of hydrogen-bond acceptors (Lipinski definition) is 7. The van der Waals surface area contributed by atoms with Gasteiger partial charge in [0.1, 0.15) is 5.69 Å². The van der Waals surface area contributed by atoms with E-state index < -0.39 is 5.91 Å². The predicted octanol–water partition coefficient (Wildman–Crippen LogP) is 0.732. The molecule has 0 fully saturated rings. The number of nitrogens with one attached hydrogen (secondary N) is 1. The highest BCUT2D eigenvalue weighted by atomic mass is 16.5. The zero-order valence-electron chi connectivity index (χ0n) is 13.4. The summed E-state index contributed by atoms with van der Waals surface area (Å²) in [6.45, 7) is 0.420. The van der Waals surface area contributed by atoms with Gasteiger partial charge in [0.25, 0.3) is 11.5 Å². The average molecular weight is 341 g/mol. The number of rotatable bonds is 6. The summed E-state index contributed by atoms with van der Waals surface area (Å²) in [6, 6.07) is 9.53. The summed E-state index contributed by atoms with van der Waals surface area (Å²) in [7, 11) is 1.46. The Labute approximate surface area is 142 Å². The van der Waals surface area contributed by atoms with E-state index >= 15 is 0 Å². The van der Waals surface area contributed by atoms with Crippen molar-refractivity contribution in [3.63, 3.8) is 0 Å². The van der Waals surface area contributed by atoms with E-state index in [4.69, 9.17) is 9.15 Å². The van der Waals surface area contributed by atoms with Crippen molar-refractivity contribution in [1.29, 1.82) is 0 Å². The van der Waals surface area contributed by atoms with Crippen molar-refractivity contribution in [1.82, 2.24) is 25.3 Å². The molecule has 9 nitrogen and oxygen atoms in total. The maximum Gasteiger partial charge on any atom is 0.271 e. The van der Waals surface area contributed by atoms with Gasteiger partial charge in [-0.3, -0.25) is 9.59 Å². The molecule has 0 unspecified atom stereocenters. The van der Waals surface area contributed by atoms with Gasteiger partial charge in [-0.1, -0.05) is 0 Å². The van der Waals surface area contributed by atoms with E-state index in [9.17, 15) is 9.59 Å². The maximum atomic E-state index is 12.0. The second kappa shape index (κ2) is 7.39. The number of carbonyl (C=O) groups excluding carboxylic acids is 1. The Bertz CT molecular complexity index is 903. The topological polar surface area (TPSA) is 112 Å². The Kier molecular flexibility index (Phi) is 4.84. The lowest BCUT2D eigenvalue weighted by molar-refractivity contribution is 0.0945. The molecule has 0 radical (unpaired) electrons. The van der Waals surface area contributed by atoms with Crippen LogP contribution in [0.3, 0.4) is 0 Å². The minimum absolute atomic E-state index is 0.158. The van der Waals surface area contributed by atoms with Crippen LogP contribution in [0.4, 0.5) is 0 Å². The van der Waals surface area contributed by atoms with Crippen LogP contribution in [0.15, 0.2) is 51.9 Å². The first-order valence-corrected chi connectivity index (χ1v) is 7.45. The molecule has 25 heavy (non-hydrogen) atoms. The zero-order chi connectivity index (χ0) is 17.6. The molecule has 0 aliphatic carbocycles. The monoisotopic (exact) mass is 341 g/mol. The lowest BCUT2D eigenvalue weighted by Crippen LogP contribution is -2.32. The largest absolute Gasteiger partial charge is 0.480 e. The van der Waals surface area contributed by atoms with Gasteiger partial charge >= 0.3 is 0 Å². The third-order valence-electron chi connectivity index (χ3n) is 3.33. The molecule has 0 aromatic carbocycles. The molecule has 3 rings (SSSR count). The molecule has 0 aliphatic rings. The molecule has 1 N–H and O–H groups in total. The molecule has 0 bridgehead atoms. The zero-order valence-corrected chi connectivity index (χ0v) is 13.4. The maximum absolute atomic E-state index is 12.0. The molecule has 0 aliphatic heterocycles. The van der Waals surface area contributed by atoms with Gasteiger partial charge in [-0.05, 0) is 24.3 Å². The van der Waals surface area contributed by atoms with Crippen molar-refractivity contribution < 1.29 is 13.9 Å². The summed E-state index contributed by atoms with van der Waals surface area (Å²) in [6.07, 6.45) is 1.53. The van der Waals surface area contributed by atoms with Crippen LogP contribution in [0.2, 0.25) is 0 Å². The standard InChI is InChI=1S/C16H15N5O4/c1-24-14-6-4-12(18-19-14)16(23)17-8-9-21-15(22)7-5-11(20-21)13-3-2-10-25-13/h2-7,10H,8-9H2,1H3,(H,17,23). The number of ether oxygens (including phenoxy) is 1. The van der Waals surface area contributed by atoms with Crippen molar-refractivity contribution in [3.05, 3.63) is 58.7 Å². The van der Waals surface area contributed by atoms with Crippen molar-refractivity contribution in [2.45, 2.75) is 6.54 Å². The molecule has 0 spiro atoms. The second-order valence-electron chi connectivity index (χ2n) is 4.97. The van der Waals surface area contributed by atoms with Gasteiger partial charge in [-0.2, -0.15) is 5.10 Å². The van der Waals surface area contributed by atoms with E-state index in [0.29, 0.717) is 17.3 Å². The fraction of sp³-hybridized carbons (Fsp3) is 0.188. The van der Waals surface area contributed by atoms with Gasteiger partial charge in [0.15, 0.2) is 11.5 Å². The lowest BCUT2D eigenvalue weighted by Gasteiger charge is -2.07. The minimum Gasteiger partial charge on any atom is -0.480 e. The normalized spacial score (nSPS) is 10.4. The number of nitrogens with zero attached hydrogens (tertiary/aromatic N) is 4. The molecule has 3 aromatic rings. The summed E-state index contributed by atoms with van der Waals surface area (Å²) >= 11 is 0. The van der Waals surface area contributed by atoms with Crippen LogP contribution in [0.25, 0.3) is 11.5 Å². The Hall–Kier alpha value is -3.49. The van der Waals surface area contributed by atoms with Gasteiger partial charge < -0.3 is 14.5 Å². The Morgan fingerprint density at radius 2 is 2.12 bits per heavy atom. The Balaban J connectivity index is 1.62. The highest BCUT2D eigenvalue weighted by molar-refractivity contribution is 5.92. The highest BCUT2D eigenvalue weighted by Gasteiger charge is 2.09. The first kappa shape index (κ1) is 16.4. The third-order valence-corrected chi connectivity index (χ3v) is 3.33. The number of methoxy groups -OCH3 is 1. The van der Waals surface area contributed by atoms with Crippen LogP contribution in [0.5, 0.6) is 5.88 Å². The van der Waals surface area contributed by atoms with E-state index in [2.05, 4.69) is 20.6 Å². The van der Waals surface area contributed by atoms with Crippen molar-refractivity contribution in [3.8, 4) is 17.3 Å². The molecular formula is C16H15N5O4. The number of aromatic nitrogens is 4. The van der Waals surface area contributed by atoms with Crippen LogP contribution < -0.4 is 15.6 Å². The minimum atomic E-state index is -0.398. The molecule has 0 saturated heterocycles. The molecule has 3 heterocycles. The quantitative estimate of drug-likeness (QED) is 0.703. The second-order valence-corrected chi connectivity index (χ2v) is 4.97. The van der Waals surface area contributed by atoms with Crippen LogP contribution >= 0.6 is 0 Å². The summed E-state index contributed by atoms with van der Waals surface area (Å²) in [5.41, 5.74) is 0.427. The first-order chi connectivity index (χ1) is 12.2. The van der Waals surface area contributed by atoms with Crippen molar-refractivity contribution >= 4 is 5.91 Å². The van der Waals surface area contributed by atoms with Crippen LogP contribution in [0, 0.1) is 0 Å². The molecule has 3 aromatic heterocycles. The van der Waals surface area contributed by atoms with E-state index in [1.807, 2.05) is 0 Å². The fourth-order valence-corrected chi connectivity index (χ4v) is 2.08. The highest BCUT2D eigenvalue weighted by Crippen LogP contribution is 2.14. The van der Waals surface area contributed by atoms with Gasteiger partial charge in [0.2, 0.25) is 5.88 Å². The SMILES string of the molecule is COc1ccc(C(=O)NCCn2nc(-c3ccco3)ccc2=O)nn1. The van der Waals surface area contributed by atoms with E-state index in [0.717, 1.165) is 0 Å². The van der Waals surface area contributed by atoms with Crippen LogP contribution in [-0.4, -0.2) is 39.5 Å². The molecule has 0 saturated carbocycles. The van der Waals surface area contributed by atoms with Crippen LogP contribution in [-0.2, 0) is 6.54 Å². The number of carbonyl (C=O) groups is 1. The molecule has 9 heteroatoms. The first-order valence-electron chi connectivity index (χ1n) is 7.45.